The van der Waals surface area contributed by atoms with Crippen LogP contribution in [0.1, 0.15) is 31.6 Å². The van der Waals surface area contributed by atoms with Gasteiger partial charge in [-0.25, -0.2) is 0 Å². The van der Waals surface area contributed by atoms with Crippen LogP contribution in [0, 0.1) is 5.92 Å². The number of carbonyl (C=O) groups excluding carboxylic acids is 1. The van der Waals surface area contributed by atoms with Gasteiger partial charge in [0.2, 0.25) is 5.91 Å². The van der Waals surface area contributed by atoms with E-state index in [0.717, 1.165) is 18.6 Å². The van der Waals surface area contributed by atoms with Gasteiger partial charge in [-0.3, -0.25) is 9.69 Å². The number of hydrogen-bond acceptors (Lipinski definition) is 4. The average molecular weight is 251 g/mol. The fourth-order valence-corrected chi connectivity index (χ4v) is 2.70. The Kier molecular flexibility index (Phi) is 4.04. The number of nitrogens with two attached hydrogens (primary N) is 2. The molecule has 1 aliphatic rings. The van der Waals surface area contributed by atoms with Crippen LogP contribution in [0.15, 0.2) is 22.8 Å². The van der Waals surface area contributed by atoms with E-state index in [9.17, 15) is 4.79 Å². The first-order valence-electron chi connectivity index (χ1n) is 6.42. The highest BCUT2D eigenvalue weighted by atomic mass is 16.3. The van der Waals surface area contributed by atoms with Gasteiger partial charge in [0.1, 0.15) is 5.76 Å². The zero-order chi connectivity index (χ0) is 13.1. The van der Waals surface area contributed by atoms with Gasteiger partial charge in [0.05, 0.1) is 18.2 Å². The maximum absolute atomic E-state index is 11.3. The maximum atomic E-state index is 11.3. The van der Waals surface area contributed by atoms with Crippen molar-refractivity contribution in [3.63, 3.8) is 0 Å². The van der Waals surface area contributed by atoms with Crippen molar-refractivity contribution in [2.45, 2.75) is 31.8 Å². The molecule has 0 aliphatic carbocycles. The van der Waals surface area contributed by atoms with Crippen molar-refractivity contribution in [2.24, 2.45) is 17.4 Å². The van der Waals surface area contributed by atoms with E-state index in [2.05, 4.69) is 11.8 Å². The second kappa shape index (κ2) is 5.54. The average Bonchev–Trinajstić information content (AvgIpc) is 2.86. The van der Waals surface area contributed by atoms with Crippen molar-refractivity contribution in [3.05, 3.63) is 24.2 Å². The highest BCUT2D eigenvalue weighted by Gasteiger charge is 2.34. The predicted octanol–water partition coefficient (Wildman–Crippen LogP) is 0.865. The van der Waals surface area contributed by atoms with E-state index in [-0.39, 0.29) is 17.9 Å². The first-order valence-corrected chi connectivity index (χ1v) is 6.42. The summed E-state index contributed by atoms with van der Waals surface area (Å²) in [7, 11) is 0. The third-order valence-corrected chi connectivity index (χ3v) is 3.83. The van der Waals surface area contributed by atoms with E-state index in [1.54, 1.807) is 6.26 Å². The zero-order valence-corrected chi connectivity index (χ0v) is 10.7. The Bertz CT molecular complexity index is 391. The maximum Gasteiger partial charge on any atom is 0.221 e. The summed E-state index contributed by atoms with van der Waals surface area (Å²) in [6.07, 6.45) is 3.48. The molecule has 5 heteroatoms. The number of likely N-dealkylation sites (tertiary alicyclic amines) is 1. The monoisotopic (exact) mass is 251 g/mol. The fourth-order valence-electron chi connectivity index (χ4n) is 2.70. The molecule has 2 rings (SSSR count). The van der Waals surface area contributed by atoms with E-state index in [0.29, 0.717) is 19.1 Å². The van der Waals surface area contributed by atoms with Crippen molar-refractivity contribution in [1.29, 1.82) is 0 Å². The quantitative estimate of drug-likeness (QED) is 0.831. The zero-order valence-electron chi connectivity index (χ0n) is 10.7. The van der Waals surface area contributed by atoms with Crippen LogP contribution in [-0.4, -0.2) is 29.9 Å². The first-order chi connectivity index (χ1) is 8.63. The highest BCUT2D eigenvalue weighted by Crippen LogP contribution is 2.30. The number of furan rings is 1. The minimum absolute atomic E-state index is 0.0251. The van der Waals surface area contributed by atoms with E-state index in [1.165, 1.54) is 0 Å². The molecule has 0 spiro atoms. The summed E-state index contributed by atoms with van der Waals surface area (Å²) < 4.78 is 5.45. The second-order valence-electron chi connectivity index (χ2n) is 4.99. The van der Waals surface area contributed by atoms with Crippen LogP contribution in [-0.2, 0) is 4.79 Å². The molecule has 1 saturated heterocycles. The van der Waals surface area contributed by atoms with Crippen LogP contribution in [0.3, 0.4) is 0 Å². The van der Waals surface area contributed by atoms with Gasteiger partial charge in [-0.15, -0.1) is 0 Å². The molecule has 100 valence electrons. The third kappa shape index (κ3) is 2.57. The van der Waals surface area contributed by atoms with E-state index < -0.39 is 0 Å². The molecule has 1 aromatic heterocycles. The standard InChI is InChI=1S/C13H21N3O2/c1-9-4-5-10(13(15)17)8-16(9)11(7-14)12-3-2-6-18-12/h2-3,6,9-11H,4-5,7-8,14H2,1H3,(H2,15,17). The Hall–Kier alpha value is -1.33. The van der Waals surface area contributed by atoms with Crippen LogP contribution in [0.25, 0.3) is 0 Å². The summed E-state index contributed by atoms with van der Waals surface area (Å²) in [6, 6.07) is 4.20. The molecular formula is C13H21N3O2. The lowest BCUT2D eigenvalue weighted by Crippen LogP contribution is -2.48. The van der Waals surface area contributed by atoms with Crippen LogP contribution in [0.4, 0.5) is 0 Å². The lowest BCUT2D eigenvalue weighted by molar-refractivity contribution is -0.124. The number of rotatable bonds is 4. The van der Waals surface area contributed by atoms with E-state index in [1.807, 2.05) is 12.1 Å². The third-order valence-electron chi connectivity index (χ3n) is 3.83. The summed E-state index contributed by atoms with van der Waals surface area (Å²) in [4.78, 5) is 13.6. The molecule has 1 aromatic rings. The van der Waals surface area contributed by atoms with Crippen LogP contribution in [0.2, 0.25) is 0 Å². The van der Waals surface area contributed by atoms with Crippen molar-refractivity contribution in [2.75, 3.05) is 13.1 Å². The molecule has 0 saturated carbocycles. The van der Waals surface area contributed by atoms with Crippen molar-refractivity contribution in [3.8, 4) is 0 Å². The normalized spacial score (nSPS) is 27.0. The van der Waals surface area contributed by atoms with Crippen LogP contribution < -0.4 is 11.5 Å². The fraction of sp³-hybridized carbons (Fsp3) is 0.615. The molecule has 1 fully saturated rings. The van der Waals surface area contributed by atoms with Gasteiger partial charge in [0, 0.05) is 19.1 Å². The van der Waals surface area contributed by atoms with Gasteiger partial charge >= 0.3 is 0 Å². The van der Waals surface area contributed by atoms with Gasteiger partial charge in [0.25, 0.3) is 0 Å². The number of hydrogen-bond donors (Lipinski definition) is 2. The molecule has 18 heavy (non-hydrogen) atoms. The molecule has 5 nitrogen and oxygen atoms in total. The number of carbonyl (C=O) groups is 1. The Labute approximate surface area is 107 Å². The van der Waals surface area contributed by atoms with Gasteiger partial charge < -0.3 is 15.9 Å². The lowest BCUT2D eigenvalue weighted by atomic mass is 9.91. The van der Waals surface area contributed by atoms with Gasteiger partial charge in [-0.2, -0.15) is 0 Å². The molecule has 4 N–H and O–H groups in total. The Morgan fingerprint density at radius 3 is 2.94 bits per heavy atom. The van der Waals surface area contributed by atoms with E-state index >= 15 is 0 Å². The SMILES string of the molecule is CC1CCC(C(N)=O)CN1C(CN)c1ccco1. The number of piperidine rings is 1. The molecule has 0 aromatic carbocycles. The Balaban J connectivity index is 2.15. The molecular weight excluding hydrogens is 230 g/mol. The summed E-state index contributed by atoms with van der Waals surface area (Å²) in [5.41, 5.74) is 11.3. The summed E-state index contributed by atoms with van der Waals surface area (Å²) in [6.45, 7) is 3.30. The minimum Gasteiger partial charge on any atom is -0.468 e. The number of primary amides is 1. The topological polar surface area (TPSA) is 85.5 Å². The largest absolute Gasteiger partial charge is 0.468 e. The highest BCUT2D eigenvalue weighted by molar-refractivity contribution is 5.77. The molecule has 1 aliphatic heterocycles. The predicted molar refractivity (Wildman–Crippen MR) is 68.6 cm³/mol. The van der Waals surface area contributed by atoms with Gasteiger partial charge in [0.15, 0.2) is 0 Å². The lowest BCUT2D eigenvalue weighted by Gasteiger charge is -2.40. The smallest absolute Gasteiger partial charge is 0.221 e. The molecule has 1 amide bonds. The number of nitrogens with zero attached hydrogens (tertiary/aromatic N) is 1. The summed E-state index contributed by atoms with van der Waals surface area (Å²) in [5.74, 6) is 0.557. The summed E-state index contributed by atoms with van der Waals surface area (Å²) >= 11 is 0. The minimum atomic E-state index is -0.220. The Morgan fingerprint density at radius 1 is 1.61 bits per heavy atom. The van der Waals surface area contributed by atoms with Crippen LogP contribution >= 0.6 is 0 Å². The van der Waals surface area contributed by atoms with Gasteiger partial charge in [-0.05, 0) is 31.9 Å². The summed E-state index contributed by atoms with van der Waals surface area (Å²) in [5, 5.41) is 0. The molecule has 2 heterocycles. The molecule has 3 unspecified atom stereocenters. The molecule has 0 radical (unpaired) electrons. The van der Waals surface area contributed by atoms with Crippen LogP contribution in [0.5, 0.6) is 0 Å². The van der Waals surface area contributed by atoms with Crippen molar-refractivity contribution in [1.82, 2.24) is 4.90 Å². The molecule has 0 bridgehead atoms. The number of amides is 1. The Morgan fingerprint density at radius 2 is 2.39 bits per heavy atom. The van der Waals surface area contributed by atoms with Crippen molar-refractivity contribution < 1.29 is 9.21 Å². The molecule has 3 atom stereocenters. The second-order valence-corrected chi connectivity index (χ2v) is 4.99. The van der Waals surface area contributed by atoms with E-state index in [4.69, 9.17) is 15.9 Å². The first kappa shape index (κ1) is 13.1. The van der Waals surface area contributed by atoms with Crippen molar-refractivity contribution >= 4 is 5.91 Å². The van der Waals surface area contributed by atoms with Gasteiger partial charge in [-0.1, -0.05) is 0 Å².